The number of carbonyl (C=O) groups excluding carboxylic acids is 1. The van der Waals surface area contributed by atoms with Crippen molar-refractivity contribution in [2.24, 2.45) is 5.73 Å². The number of benzene rings is 1. The summed E-state index contributed by atoms with van der Waals surface area (Å²) in [6, 6.07) is 8.07. The van der Waals surface area contributed by atoms with Gasteiger partial charge in [0, 0.05) is 16.4 Å². The standard InChI is InChI=1S/C16H23BrN2O/c1-2-4-14(18)15(20)19-11-16(9-3-10-16)12-5-7-13(17)8-6-12/h5-8,14H,2-4,9-11,18H2,1H3,(H,19,20). The molecule has 1 amide bonds. The van der Waals surface area contributed by atoms with Gasteiger partial charge >= 0.3 is 0 Å². The molecule has 0 saturated heterocycles. The average molecular weight is 339 g/mol. The summed E-state index contributed by atoms with van der Waals surface area (Å²) in [5.41, 5.74) is 7.29. The Morgan fingerprint density at radius 2 is 2.05 bits per heavy atom. The zero-order valence-corrected chi connectivity index (χ0v) is 13.6. The van der Waals surface area contributed by atoms with Crippen LogP contribution in [0.15, 0.2) is 28.7 Å². The van der Waals surface area contributed by atoms with Crippen LogP contribution in [0.25, 0.3) is 0 Å². The first-order valence-corrected chi connectivity index (χ1v) is 8.16. The highest BCUT2D eigenvalue weighted by molar-refractivity contribution is 9.10. The zero-order valence-electron chi connectivity index (χ0n) is 12.0. The number of rotatable bonds is 6. The normalized spacial score (nSPS) is 18.1. The van der Waals surface area contributed by atoms with Crippen LogP contribution in [0.1, 0.15) is 44.6 Å². The SMILES string of the molecule is CCCC(N)C(=O)NCC1(c2ccc(Br)cc2)CCC1. The van der Waals surface area contributed by atoms with Crippen molar-refractivity contribution < 1.29 is 4.79 Å². The van der Waals surface area contributed by atoms with Gasteiger partial charge in [-0.25, -0.2) is 0 Å². The number of halogens is 1. The van der Waals surface area contributed by atoms with Crippen LogP contribution in [-0.4, -0.2) is 18.5 Å². The van der Waals surface area contributed by atoms with Crippen LogP contribution in [0, 0.1) is 0 Å². The van der Waals surface area contributed by atoms with Crippen LogP contribution >= 0.6 is 15.9 Å². The van der Waals surface area contributed by atoms with Gasteiger partial charge in [0.1, 0.15) is 0 Å². The predicted octanol–water partition coefficient (Wildman–Crippen LogP) is 3.11. The number of carbonyl (C=O) groups is 1. The molecule has 0 radical (unpaired) electrons. The molecule has 1 unspecified atom stereocenters. The van der Waals surface area contributed by atoms with Gasteiger partial charge in [-0.05, 0) is 37.0 Å². The van der Waals surface area contributed by atoms with E-state index in [0.29, 0.717) is 6.54 Å². The Morgan fingerprint density at radius 1 is 1.40 bits per heavy atom. The minimum Gasteiger partial charge on any atom is -0.354 e. The minimum absolute atomic E-state index is 0.0183. The summed E-state index contributed by atoms with van der Waals surface area (Å²) in [6.45, 7) is 2.74. The fourth-order valence-electron chi connectivity index (χ4n) is 2.80. The second-order valence-electron chi connectivity index (χ2n) is 5.75. The lowest BCUT2D eigenvalue weighted by Crippen LogP contribution is -2.49. The van der Waals surface area contributed by atoms with E-state index < -0.39 is 0 Å². The molecule has 20 heavy (non-hydrogen) atoms. The maximum Gasteiger partial charge on any atom is 0.236 e. The molecule has 0 heterocycles. The fourth-order valence-corrected chi connectivity index (χ4v) is 3.07. The molecule has 0 aromatic heterocycles. The molecule has 0 spiro atoms. The third-order valence-corrected chi connectivity index (χ3v) is 4.83. The molecule has 1 atom stereocenters. The molecule has 1 fully saturated rings. The van der Waals surface area contributed by atoms with Crippen molar-refractivity contribution in [3.63, 3.8) is 0 Å². The Bertz CT molecular complexity index is 454. The summed E-state index contributed by atoms with van der Waals surface area (Å²) in [7, 11) is 0. The third-order valence-electron chi connectivity index (χ3n) is 4.30. The molecular weight excluding hydrogens is 316 g/mol. The summed E-state index contributed by atoms with van der Waals surface area (Å²) >= 11 is 3.46. The second kappa shape index (κ2) is 6.72. The van der Waals surface area contributed by atoms with Crippen molar-refractivity contribution >= 4 is 21.8 Å². The summed E-state index contributed by atoms with van der Waals surface area (Å²) < 4.78 is 1.09. The number of hydrogen-bond donors (Lipinski definition) is 2. The predicted molar refractivity (Wildman–Crippen MR) is 85.6 cm³/mol. The monoisotopic (exact) mass is 338 g/mol. The minimum atomic E-state index is -0.373. The van der Waals surface area contributed by atoms with E-state index in [1.807, 2.05) is 6.92 Å². The molecule has 4 heteroatoms. The highest BCUT2D eigenvalue weighted by Gasteiger charge is 2.38. The van der Waals surface area contributed by atoms with Gasteiger partial charge in [-0.15, -0.1) is 0 Å². The summed E-state index contributed by atoms with van der Waals surface area (Å²) in [5.74, 6) is -0.0183. The highest BCUT2D eigenvalue weighted by atomic mass is 79.9. The Morgan fingerprint density at radius 3 is 2.55 bits per heavy atom. The molecule has 1 aromatic rings. The molecular formula is C16H23BrN2O. The highest BCUT2D eigenvalue weighted by Crippen LogP contribution is 2.43. The Hall–Kier alpha value is -0.870. The molecule has 0 bridgehead atoms. The number of amides is 1. The molecule has 3 nitrogen and oxygen atoms in total. The van der Waals surface area contributed by atoms with Gasteiger partial charge in [-0.2, -0.15) is 0 Å². The van der Waals surface area contributed by atoms with Crippen molar-refractivity contribution in [3.05, 3.63) is 34.3 Å². The van der Waals surface area contributed by atoms with E-state index in [0.717, 1.165) is 30.2 Å². The van der Waals surface area contributed by atoms with Crippen LogP contribution in [0.3, 0.4) is 0 Å². The van der Waals surface area contributed by atoms with E-state index >= 15 is 0 Å². The van der Waals surface area contributed by atoms with E-state index in [9.17, 15) is 4.79 Å². The van der Waals surface area contributed by atoms with E-state index in [-0.39, 0.29) is 17.4 Å². The Labute approximate surface area is 129 Å². The molecule has 2 rings (SSSR count). The van der Waals surface area contributed by atoms with Crippen molar-refractivity contribution in [2.75, 3.05) is 6.54 Å². The van der Waals surface area contributed by atoms with Crippen molar-refractivity contribution in [2.45, 2.75) is 50.5 Å². The molecule has 0 aliphatic heterocycles. The largest absolute Gasteiger partial charge is 0.354 e. The Kier molecular flexibility index (Phi) is 5.22. The quantitative estimate of drug-likeness (QED) is 0.837. The maximum absolute atomic E-state index is 12.0. The first-order chi connectivity index (χ1) is 9.57. The summed E-state index contributed by atoms with van der Waals surface area (Å²) in [5, 5.41) is 3.05. The third kappa shape index (κ3) is 3.41. The molecule has 1 aromatic carbocycles. The van der Waals surface area contributed by atoms with Gasteiger partial charge < -0.3 is 11.1 Å². The van der Waals surface area contributed by atoms with Gasteiger partial charge in [0.05, 0.1) is 6.04 Å². The summed E-state index contributed by atoms with van der Waals surface area (Å²) in [6.07, 6.45) is 5.19. The van der Waals surface area contributed by atoms with Gasteiger partial charge in [-0.3, -0.25) is 4.79 Å². The first-order valence-electron chi connectivity index (χ1n) is 7.37. The molecule has 110 valence electrons. The lowest BCUT2D eigenvalue weighted by molar-refractivity contribution is -0.123. The molecule has 1 aliphatic carbocycles. The fraction of sp³-hybridized carbons (Fsp3) is 0.562. The van der Waals surface area contributed by atoms with Crippen molar-refractivity contribution in [1.82, 2.24) is 5.32 Å². The average Bonchev–Trinajstić information content (AvgIpc) is 2.39. The zero-order chi connectivity index (χ0) is 14.6. The van der Waals surface area contributed by atoms with E-state index in [4.69, 9.17) is 5.73 Å². The topological polar surface area (TPSA) is 55.1 Å². The lowest BCUT2D eigenvalue weighted by Gasteiger charge is -2.42. The van der Waals surface area contributed by atoms with Crippen LogP contribution in [0.2, 0.25) is 0 Å². The second-order valence-corrected chi connectivity index (χ2v) is 6.67. The first kappa shape index (κ1) is 15.5. The number of hydrogen-bond acceptors (Lipinski definition) is 2. The van der Waals surface area contributed by atoms with Crippen LogP contribution in [0.4, 0.5) is 0 Å². The van der Waals surface area contributed by atoms with Crippen LogP contribution < -0.4 is 11.1 Å². The van der Waals surface area contributed by atoms with Crippen molar-refractivity contribution in [1.29, 1.82) is 0 Å². The number of nitrogens with two attached hydrogens (primary N) is 1. The summed E-state index contributed by atoms with van der Waals surface area (Å²) in [4.78, 5) is 12.0. The molecule has 3 N–H and O–H groups in total. The number of nitrogens with one attached hydrogen (secondary N) is 1. The van der Waals surface area contributed by atoms with Crippen LogP contribution in [0.5, 0.6) is 0 Å². The van der Waals surface area contributed by atoms with Crippen LogP contribution in [-0.2, 0) is 10.2 Å². The van der Waals surface area contributed by atoms with Crippen molar-refractivity contribution in [3.8, 4) is 0 Å². The van der Waals surface area contributed by atoms with E-state index in [1.54, 1.807) is 0 Å². The molecule has 1 aliphatic rings. The van der Waals surface area contributed by atoms with Gasteiger partial charge in [0.15, 0.2) is 0 Å². The van der Waals surface area contributed by atoms with Gasteiger partial charge in [-0.1, -0.05) is 47.8 Å². The smallest absolute Gasteiger partial charge is 0.236 e. The lowest BCUT2D eigenvalue weighted by atomic mass is 9.64. The van der Waals surface area contributed by atoms with E-state index in [2.05, 4.69) is 45.5 Å². The molecule has 1 saturated carbocycles. The van der Waals surface area contributed by atoms with Gasteiger partial charge in [0.25, 0.3) is 0 Å². The van der Waals surface area contributed by atoms with Gasteiger partial charge in [0.2, 0.25) is 5.91 Å². The Balaban J connectivity index is 1.98. The maximum atomic E-state index is 12.0. The van der Waals surface area contributed by atoms with E-state index in [1.165, 1.54) is 12.0 Å².